The highest BCUT2D eigenvalue weighted by atomic mass is 32.2. The first-order valence-electron chi connectivity index (χ1n) is 8.78. The van der Waals surface area contributed by atoms with E-state index in [4.69, 9.17) is 0 Å². The highest BCUT2D eigenvalue weighted by Crippen LogP contribution is 2.38. The zero-order chi connectivity index (χ0) is 16.7. The molecule has 2 bridgehead atoms. The van der Waals surface area contributed by atoms with E-state index in [2.05, 4.69) is 15.6 Å². The van der Waals surface area contributed by atoms with E-state index in [9.17, 15) is 13.2 Å². The molecule has 3 fully saturated rings. The number of urea groups is 1. The third-order valence-electron chi connectivity index (χ3n) is 5.77. The van der Waals surface area contributed by atoms with E-state index in [1.165, 1.54) is 24.8 Å². The number of hydrogen-bond acceptors (Lipinski definition) is 4. The summed E-state index contributed by atoms with van der Waals surface area (Å²) in [6, 6.07) is 3.49. The molecule has 1 saturated carbocycles. The summed E-state index contributed by atoms with van der Waals surface area (Å²) in [7, 11) is -2.95. The Bertz CT molecular complexity index is 708. The highest BCUT2D eigenvalue weighted by Gasteiger charge is 2.47. The summed E-state index contributed by atoms with van der Waals surface area (Å²) < 4.78 is 24.2. The lowest BCUT2D eigenvalue weighted by Gasteiger charge is -2.28. The van der Waals surface area contributed by atoms with Gasteiger partial charge in [0, 0.05) is 12.2 Å². The van der Waals surface area contributed by atoms with Gasteiger partial charge < -0.3 is 5.32 Å². The Morgan fingerprint density at radius 1 is 1.08 bits per heavy atom. The Kier molecular flexibility index (Phi) is 3.98. The van der Waals surface area contributed by atoms with Gasteiger partial charge in [0.15, 0.2) is 9.84 Å². The van der Waals surface area contributed by atoms with Gasteiger partial charge in [-0.2, -0.15) is 0 Å². The molecule has 1 aromatic heterocycles. The third kappa shape index (κ3) is 2.90. The summed E-state index contributed by atoms with van der Waals surface area (Å²) in [5.74, 6) is 1.15. The van der Waals surface area contributed by atoms with Crippen molar-refractivity contribution in [1.82, 2.24) is 10.3 Å². The van der Waals surface area contributed by atoms with Gasteiger partial charge in [0.05, 0.1) is 10.5 Å². The summed E-state index contributed by atoms with van der Waals surface area (Å²) >= 11 is 0. The zero-order valence-corrected chi connectivity index (χ0v) is 14.4. The molecule has 4 rings (SSSR count). The van der Waals surface area contributed by atoms with Crippen LogP contribution >= 0.6 is 0 Å². The van der Waals surface area contributed by atoms with Crippen molar-refractivity contribution in [2.45, 2.75) is 67.4 Å². The second kappa shape index (κ2) is 6.02. The molecular weight excluding hydrogens is 326 g/mol. The van der Waals surface area contributed by atoms with E-state index >= 15 is 0 Å². The Hall–Kier alpha value is -1.63. The van der Waals surface area contributed by atoms with Crippen LogP contribution in [0.1, 0.15) is 56.4 Å². The van der Waals surface area contributed by atoms with E-state index < -0.39 is 9.84 Å². The fraction of sp³-hybridized carbons (Fsp3) is 0.647. The first-order valence-corrected chi connectivity index (χ1v) is 10.4. The average molecular weight is 349 g/mol. The number of pyridine rings is 1. The Labute approximate surface area is 142 Å². The number of fused-ring (bicyclic) bond motifs is 2. The van der Waals surface area contributed by atoms with E-state index in [0.717, 1.165) is 12.8 Å². The molecule has 6 nitrogen and oxygen atoms in total. The van der Waals surface area contributed by atoms with E-state index in [-0.39, 0.29) is 22.6 Å². The van der Waals surface area contributed by atoms with Crippen molar-refractivity contribution in [1.29, 1.82) is 0 Å². The Morgan fingerprint density at radius 3 is 2.33 bits per heavy atom. The van der Waals surface area contributed by atoms with Crippen LogP contribution in [0.3, 0.4) is 0 Å². The van der Waals surface area contributed by atoms with E-state index in [1.54, 1.807) is 0 Å². The molecule has 2 atom stereocenters. The number of carbonyl (C=O) groups excluding carboxylic acids is 1. The monoisotopic (exact) mass is 349 g/mol. The lowest BCUT2D eigenvalue weighted by atomic mass is 9.81. The average Bonchev–Trinajstić information content (AvgIpc) is 2.66. The second-order valence-electron chi connectivity index (χ2n) is 7.28. The van der Waals surface area contributed by atoms with Gasteiger partial charge in [-0.1, -0.05) is 12.5 Å². The highest BCUT2D eigenvalue weighted by molar-refractivity contribution is 7.93. The van der Waals surface area contributed by atoms with Crippen molar-refractivity contribution in [3.63, 3.8) is 0 Å². The number of carbonyl (C=O) groups is 1. The Balaban J connectivity index is 1.32. The van der Waals surface area contributed by atoms with Gasteiger partial charge >= 0.3 is 6.03 Å². The van der Waals surface area contributed by atoms with Gasteiger partial charge in [0.2, 0.25) is 0 Å². The first kappa shape index (κ1) is 15.9. The number of rotatable bonds is 3. The lowest BCUT2D eigenvalue weighted by molar-refractivity contribution is 0.246. The SMILES string of the molecule is O=C(Nc1ccc(C2CCC2)cn1)NC1CC2CCC(C1)S2(=O)=O. The third-order valence-corrected chi connectivity index (χ3v) is 8.49. The van der Waals surface area contributed by atoms with Crippen molar-refractivity contribution in [3.05, 3.63) is 23.9 Å². The smallest absolute Gasteiger partial charge is 0.320 e. The quantitative estimate of drug-likeness (QED) is 0.878. The summed E-state index contributed by atoms with van der Waals surface area (Å²) in [4.78, 5) is 16.5. The van der Waals surface area contributed by atoms with Gasteiger partial charge in [0.1, 0.15) is 5.82 Å². The number of anilines is 1. The van der Waals surface area contributed by atoms with Crippen LogP contribution in [0.4, 0.5) is 10.6 Å². The van der Waals surface area contributed by atoms with Gasteiger partial charge in [-0.15, -0.1) is 0 Å². The lowest BCUT2D eigenvalue weighted by Crippen LogP contribution is -2.46. The van der Waals surface area contributed by atoms with Crippen LogP contribution in [-0.2, 0) is 9.84 Å². The fourth-order valence-electron chi connectivity index (χ4n) is 4.13. The van der Waals surface area contributed by atoms with Crippen LogP contribution in [0.2, 0.25) is 0 Å². The van der Waals surface area contributed by atoms with Crippen LogP contribution in [0.5, 0.6) is 0 Å². The molecule has 7 heteroatoms. The molecule has 3 aliphatic rings. The summed E-state index contributed by atoms with van der Waals surface area (Å²) in [6.45, 7) is 0. The summed E-state index contributed by atoms with van der Waals surface area (Å²) in [5.41, 5.74) is 1.24. The van der Waals surface area contributed by atoms with Gasteiger partial charge in [-0.25, -0.2) is 18.2 Å². The molecule has 2 saturated heterocycles. The second-order valence-corrected chi connectivity index (χ2v) is 9.79. The maximum Gasteiger partial charge on any atom is 0.320 e. The van der Waals surface area contributed by atoms with E-state index in [0.29, 0.717) is 24.6 Å². The van der Waals surface area contributed by atoms with Gasteiger partial charge in [-0.05, 0) is 56.1 Å². The number of sulfone groups is 1. The Morgan fingerprint density at radius 2 is 1.79 bits per heavy atom. The van der Waals surface area contributed by atoms with Crippen LogP contribution in [0.25, 0.3) is 0 Å². The number of nitrogens with one attached hydrogen (secondary N) is 2. The molecule has 2 aliphatic heterocycles. The minimum absolute atomic E-state index is 0.0692. The van der Waals surface area contributed by atoms with Crippen LogP contribution in [-0.4, -0.2) is 36.0 Å². The number of aromatic nitrogens is 1. The number of amides is 2. The van der Waals surface area contributed by atoms with Crippen molar-refractivity contribution >= 4 is 21.7 Å². The molecule has 2 unspecified atom stereocenters. The molecule has 0 radical (unpaired) electrons. The van der Waals surface area contributed by atoms with Gasteiger partial charge in [-0.3, -0.25) is 5.32 Å². The molecule has 0 aromatic carbocycles. The first-order chi connectivity index (χ1) is 11.5. The zero-order valence-electron chi connectivity index (χ0n) is 13.6. The standard InChI is InChI=1S/C17H23N3O3S/c21-17(19-13-8-14-5-6-15(9-13)24(14,22)23)20-16-7-4-12(10-18-16)11-2-1-3-11/h4,7,10-11,13-15H,1-3,5-6,8-9H2,(H2,18,19,20,21). The maximum atomic E-state index is 12.2. The predicted octanol–water partition coefficient (Wildman–Crippen LogP) is 2.58. The topological polar surface area (TPSA) is 88.2 Å². The maximum absolute atomic E-state index is 12.2. The normalized spacial score (nSPS) is 31.2. The molecule has 1 aromatic rings. The van der Waals surface area contributed by atoms with Crippen LogP contribution < -0.4 is 10.6 Å². The molecule has 2 N–H and O–H groups in total. The predicted molar refractivity (Wildman–Crippen MR) is 91.7 cm³/mol. The van der Waals surface area contributed by atoms with Crippen molar-refractivity contribution in [2.24, 2.45) is 0 Å². The number of nitrogens with zero attached hydrogens (tertiary/aromatic N) is 1. The largest absolute Gasteiger partial charge is 0.335 e. The molecule has 1 aliphatic carbocycles. The fourth-order valence-corrected chi connectivity index (χ4v) is 6.60. The van der Waals surface area contributed by atoms with Gasteiger partial charge in [0.25, 0.3) is 0 Å². The molecule has 130 valence electrons. The molecular formula is C17H23N3O3S. The van der Waals surface area contributed by atoms with Crippen molar-refractivity contribution in [3.8, 4) is 0 Å². The van der Waals surface area contributed by atoms with Crippen LogP contribution in [0.15, 0.2) is 18.3 Å². The van der Waals surface area contributed by atoms with Crippen molar-refractivity contribution in [2.75, 3.05) is 5.32 Å². The summed E-state index contributed by atoms with van der Waals surface area (Å²) in [6.07, 6.45) is 8.09. The molecule has 0 spiro atoms. The molecule has 2 amide bonds. The summed E-state index contributed by atoms with van der Waals surface area (Å²) in [5, 5.41) is 5.11. The minimum Gasteiger partial charge on any atom is -0.335 e. The van der Waals surface area contributed by atoms with Crippen LogP contribution in [0, 0.1) is 0 Å². The molecule has 24 heavy (non-hydrogen) atoms. The minimum atomic E-state index is -2.95. The molecule has 3 heterocycles. The van der Waals surface area contributed by atoms with E-state index in [1.807, 2.05) is 18.3 Å². The number of hydrogen-bond donors (Lipinski definition) is 2. The van der Waals surface area contributed by atoms with Crippen molar-refractivity contribution < 1.29 is 13.2 Å².